The fourth-order valence-electron chi connectivity index (χ4n) is 3.19. The molecule has 3 aromatic heterocycles. The second-order valence-electron chi connectivity index (χ2n) is 6.14. The quantitative estimate of drug-likeness (QED) is 0.795. The number of nitrogens with zero attached hydrogens (tertiary/aromatic N) is 3. The number of hydrogen-bond acceptors (Lipinski definition) is 5. The summed E-state index contributed by atoms with van der Waals surface area (Å²) < 4.78 is 5.22. The number of carbonyl (C=O) groups excluding carboxylic acids is 1. The van der Waals surface area contributed by atoms with Crippen LogP contribution in [-0.4, -0.2) is 20.9 Å². The van der Waals surface area contributed by atoms with Gasteiger partial charge >= 0.3 is 0 Å². The van der Waals surface area contributed by atoms with Gasteiger partial charge in [0.1, 0.15) is 5.76 Å². The smallest absolute Gasteiger partial charge is 0.255 e. The van der Waals surface area contributed by atoms with E-state index in [1.165, 1.54) is 6.26 Å². The maximum atomic E-state index is 12.5. The highest BCUT2D eigenvalue weighted by Crippen LogP contribution is 2.30. The Labute approximate surface area is 145 Å². The summed E-state index contributed by atoms with van der Waals surface area (Å²) in [5.74, 6) is 1.19. The van der Waals surface area contributed by atoms with Gasteiger partial charge in [-0.2, -0.15) is 0 Å². The Morgan fingerprint density at radius 2 is 2.12 bits per heavy atom. The molecule has 6 nitrogen and oxygen atoms in total. The van der Waals surface area contributed by atoms with Gasteiger partial charge in [-0.15, -0.1) is 0 Å². The summed E-state index contributed by atoms with van der Waals surface area (Å²) in [5.41, 5.74) is 3.51. The van der Waals surface area contributed by atoms with Crippen molar-refractivity contribution in [3.8, 4) is 11.4 Å². The molecule has 1 aliphatic rings. The minimum absolute atomic E-state index is 0.0722. The van der Waals surface area contributed by atoms with E-state index in [9.17, 15) is 4.79 Å². The van der Waals surface area contributed by atoms with Crippen molar-refractivity contribution < 1.29 is 9.21 Å². The molecular formula is C19H18N4O2. The van der Waals surface area contributed by atoms with E-state index in [0.717, 1.165) is 36.1 Å². The molecule has 25 heavy (non-hydrogen) atoms. The lowest BCUT2D eigenvalue weighted by Crippen LogP contribution is -2.31. The summed E-state index contributed by atoms with van der Waals surface area (Å²) in [6, 6.07) is 5.41. The molecule has 3 heterocycles. The topological polar surface area (TPSA) is 80.9 Å². The van der Waals surface area contributed by atoms with Crippen molar-refractivity contribution in [3.63, 3.8) is 0 Å². The predicted molar refractivity (Wildman–Crippen MR) is 91.9 cm³/mol. The molecule has 1 aliphatic carbocycles. The van der Waals surface area contributed by atoms with Crippen LogP contribution in [0.5, 0.6) is 0 Å². The van der Waals surface area contributed by atoms with E-state index < -0.39 is 0 Å². The van der Waals surface area contributed by atoms with Crippen LogP contribution in [0.25, 0.3) is 11.4 Å². The monoisotopic (exact) mass is 334 g/mol. The normalized spacial score (nSPS) is 16.3. The van der Waals surface area contributed by atoms with Gasteiger partial charge in [-0.3, -0.25) is 9.78 Å². The number of rotatable bonds is 3. The predicted octanol–water partition coefficient (Wildman–Crippen LogP) is 3.25. The van der Waals surface area contributed by atoms with E-state index in [4.69, 9.17) is 9.40 Å². The number of nitrogens with one attached hydrogen (secondary N) is 1. The van der Waals surface area contributed by atoms with Crippen LogP contribution >= 0.6 is 0 Å². The van der Waals surface area contributed by atoms with Crippen molar-refractivity contribution in [2.45, 2.75) is 32.2 Å². The fraction of sp³-hybridized carbons (Fsp3) is 0.263. The van der Waals surface area contributed by atoms with Gasteiger partial charge in [-0.1, -0.05) is 0 Å². The fourth-order valence-corrected chi connectivity index (χ4v) is 3.19. The highest BCUT2D eigenvalue weighted by Gasteiger charge is 2.25. The first-order valence-corrected chi connectivity index (χ1v) is 8.33. The van der Waals surface area contributed by atoms with Crippen LogP contribution in [0.1, 0.15) is 46.3 Å². The van der Waals surface area contributed by atoms with Crippen molar-refractivity contribution in [3.05, 3.63) is 65.6 Å². The van der Waals surface area contributed by atoms with Gasteiger partial charge in [0.05, 0.1) is 17.9 Å². The molecule has 0 radical (unpaired) electrons. The number of carbonyl (C=O) groups is 1. The maximum Gasteiger partial charge on any atom is 0.255 e. The van der Waals surface area contributed by atoms with E-state index in [2.05, 4.69) is 15.3 Å². The second-order valence-corrected chi connectivity index (χ2v) is 6.14. The van der Waals surface area contributed by atoms with Gasteiger partial charge in [-0.25, -0.2) is 9.97 Å². The molecule has 1 N–H and O–H groups in total. The maximum absolute atomic E-state index is 12.5. The van der Waals surface area contributed by atoms with Crippen LogP contribution in [0.2, 0.25) is 0 Å². The molecule has 0 aromatic carbocycles. The minimum atomic E-state index is -0.123. The van der Waals surface area contributed by atoms with Crippen molar-refractivity contribution in [1.29, 1.82) is 0 Å². The van der Waals surface area contributed by atoms with E-state index in [1.807, 2.05) is 18.3 Å². The minimum Gasteiger partial charge on any atom is -0.469 e. The molecule has 6 heteroatoms. The summed E-state index contributed by atoms with van der Waals surface area (Å²) in [6.45, 7) is 1.79. The molecule has 3 aromatic rings. The van der Waals surface area contributed by atoms with E-state index in [-0.39, 0.29) is 11.9 Å². The third kappa shape index (κ3) is 3.03. The Morgan fingerprint density at radius 3 is 2.88 bits per heavy atom. The van der Waals surface area contributed by atoms with E-state index in [0.29, 0.717) is 17.1 Å². The van der Waals surface area contributed by atoms with Gasteiger partial charge in [0.25, 0.3) is 5.91 Å². The molecular weight excluding hydrogens is 316 g/mol. The number of amides is 1. The van der Waals surface area contributed by atoms with Gasteiger partial charge in [0.15, 0.2) is 5.82 Å². The van der Waals surface area contributed by atoms with Crippen molar-refractivity contribution in [2.75, 3.05) is 0 Å². The number of hydrogen-bond donors (Lipinski definition) is 1. The van der Waals surface area contributed by atoms with Gasteiger partial charge in [0.2, 0.25) is 0 Å². The first-order valence-electron chi connectivity index (χ1n) is 8.33. The highest BCUT2D eigenvalue weighted by molar-refractivity contribution is 5.95. The van der Waals surface area contributed by atoms with Crippen LogP contribution in [-0.2, 0) is 6.42 Å². The summed E-state index contributed by atoms with van der Waals surface area (Å²) in [6.07, 6.45) is 9.59. The SMILES string of the molecule is Cc1occc1C(=O)NC1CCCc2nc(-c3ccncc3)ncc21. The average molecular weight is 334 g/mol. The Kier molecular flexibility index (Phi) is 4.01. The first kappa shape index (κ1) is 15.5. The molecule has 0 saturated carbocycles. The lowest BCUT2D eigenvalue weighted by atomic mass is 9.92. The molecule has 0 spiro atoms. The van der Waals surface area contributed by atoms with E-state index in [1.54, 1.807) is 25.4 Å². The van der Waals surface area contributed by atoms with E-state index >= 15 is 0 Å². The average Bonchev–Trinajstić information content (AvgIpc) is 3.08. The largest absolute Gasteiger partial charge is 0.469 e. The first-order chi connectivity index (χ1) is 12.2. The molecule has 0 saturated heterocycles. The van der Waals surface area contributed by atoms with Crippen molar-refractivity contribution in [2.24, 2.45) is 0 Å². The van der Waals surface area contributed by atoms with Crippen LogP contribution in [0.4, 0.5) is 0 Å². The number of furan rings is 1. The Hall–Kier alpha value is -3.02. The third-order valence-electron chi connectivity index (χ3n) is 4.53. The van der Waals surface area contributed by atoms with Crippen molar-refractivity contribution in [1.82, 2.24) is 20.3 Å². The zero-order valence-electron chi connectivity index (χ0n) is 13.9. The number of fused-ring (bicyclic) bond motifs is 1. The van der Waals surface area contributed by atoms with Gasteiger partial charge in [0, 0.05) is 35.4 Å². The third-order valence-corrected chi connectivity index (χ3v) is 4.53. The molecule has 0 fully saturated rings. The van der Waals surface area contributed by atoms with Crippen molar-refractivity contribution >= 4 is 5.91 Å². The standard InChI is InChI=1S/C19H18N4O2/c1-12-14(7-10-25-12)19(24)23-17-4-2-3-16-15(17)11-21-18(22-16)13-5-8-20-9-6-13/h5-11,17H,2-4H2,1H3,(H,23,24). The molecule has 0 bridgehead atoms. The van der Waals surface area contributed by atoms with Gasteiger partial charge in [-0.05, 0) is 44.4 Å². The second kappa shape index (κ2) is 6.47. The molecule has 1 atom stereocenters. The Morgan fingerprint density at radius 1 is 1.28 bits per heavy atom. The molecule has 126 valence electrons. The molecule has 1 amide bonds. The molecule has 1 unspecified atom stereocenters. The zero-order chi connectivity index (χ0) is 17.2. The lowest BCUT2D eigenvalue weighted by molar-refractivity contribution is 0.0931. The summed E-state index contributed by atoms with van der Waals surface area (Å²) in [7, 11) is 0. The van der Waals surface area contributed by atoms with Crippen LogP contribution in [0.3, 0.4) is 0 Å². The summed E-state index contributed by atoms with van der Waals surface area (Å²) >= 11 is 0. The van der Waals surface area contributed by atoms with Crippen LogP contribution in [0, 0.1) is 6.92 Å². The van der Waals surface area contributed by atoms with Gasteiger partial charge < -0.3 is 9.73 Å². The lowest BCUT2D eigenvalue weighted by Gasteiger charge is -2.25. The zero-order valence-corrected chi connectivity index (χ0v) is 13.9. The van der Waals surface area contributed by atoms with Crippen LogP contribution in [0.15, 0.2) is 47.5 Å². The Bertz CT molecular complexity index is 905. The summed E-state index contributed by atoms with van der Waals surface area (Å²) in [4.78, 5) is 25.7. The van der Waals surface area contributed by atoms with Crippen LogP contribution < -0.4 is 5.32 Å². The highest BCUT2D eigenvalue weighted by atomic mass is 16.3. The molecule has 0 aliphatic heterocycles. The number of aromatic nitrogens is 3. The Balaban J connectivity index is 1.60. The summed E-state index contributed by atoms with van der Waals surface area (Å²) in [5, 5.41) is 3.09. The molecule has 4 rings (SSSR count). The number of aryl methyl sites for hydroxylation is 2. The number of pyridine rings is 1.